The summed E-state index contributed by atoms with van der Waals surface area (Å²) in [6.45, 7) is 1.13. The fourth-order valence-corrected chi connectivity index (χ4v) is 1.43. The molecule has 8 nitrogen and oxygen atoms in total. The fraction of sp³-hybridized carbons (Fsp3) is 0.400. The van der Waals surface area contributed by atoms with Gasteiger partial charge in [0.25, 0.3) is 5.95 Å². The van der Waals surface area contributed by atoms with Crippen LogP contribution in [0, 0.1) is 0 Å². The summed E-state index contributed by atoms with van der Waals surface area (Å²) >= 11 is 0. The average Bonchev–Trinajstić information content (AvgIpc) is 2.87. The van der Waals surface area contributed by atoms with E-state index >= 15 is 0 Å². The lowest BCUT2D eigenvalue weighted by Crippen LogP contribution is -2.39. The summed E-state index contributed by atoms with van der Waals surface area (Å²) in [6, 6.07) is 2.07. The second-order valence-corrected chi connectivity index (χ2v) is 3.72. The van der Waals surface area contributed by atoms with E-state index in [1.807, 2.05) is 0 Å². The Morgan fingerprint density at radius 2 is 2.28 bits per heavy atom. The van der Waals surface area contributed by atoms with Gasteiger partial charge in [0.05, 0.1) is 13.2 Å². The van der Waals surface area contributed by atoms with Crippen molar-refractivity contribution < 1.29 is 9.47 Å². The average molecular weight is 248 g/mol. The smallest absolute Gasteiger partial charge is 0.323 e. The lowest BCUT2D eigenvalue weighted by molar-refractivity contribution is -0.0831. The number of aromatic nitrogens is 5. The van der Waals surface area contributed by atoms with E-state index in [0.29, 0.717) is 25.1 Å². The van der Waals surface area contributed by atoms with Gasteiger partial charge in [-0.05, 0) is 6.07 Å². The molecule has 3 heterocycles. The maximum atomic E-state index is 5.56. The summed E-state index contributed by atoms with van der Waals surface area (Å²) in [5.74, 6) is 0.848. The molecule has 0 saturated carbocycles. The number of nitrogens with one attached hydrogen (secondary N) is 1. The fourth-order valence-electron chi connectivity index (χ4n) is 1.43. The van der Waals surface area contributed by atoms with Gasteiger partial charge in [-0.15, -0.1) is 0 Å². The van der Waals surface area contributed by atoms with Gasteiger partial charge in [-0.3, -0.25) is 0 Å². The molecule has 0 atom stereocenters. The van der Waals surface area contributed by atoms with Gasteiger partial charge in [0, 0.05) is 19.4 Å². The van der Waals surface area contributed by atoms with Gasteiger partial charge in [-0.25, -0.2) is 4.68 Å². The summed E-state index contributed by atoms with van der Waals surface area (Å²) in [6.07, 6.45) is 3.43. The van der Waals surface area contributed by atoms with Gasteiger partial charge < -0.3 is 14.8 Å². The summed E-state index contributed by atoms with van der Waals surface area (Å²) in [4.78, 5) is 12.5. The van der Waals surface area contributed by atoms with Gasteiger partial charge in [-0.1, -0.05) is 0 Å². The molecule has 0 unspecified atom stereocenters. The van der Waals surface area contributed by atoms with Crippen LogP contribution in [0.25, 0.3) is 5.95 Å². The van der Waals surface area contributed by atoms with Crippen LogP contribution >= 0.6 is 0 Å². The Hall–Kier alpha value is -2.22. The molecule has 8 heteroatoms. The number of anilines is 1. The van der Waals surface area contributed by atoms with Crippen LogP contribution in [-0.4, -0.2) is 51.1 Å². The molecule has 1 aliphatic rings. The highest BCUT2D eigenvalue weighted by atomic mass is 16.6. The Morgan fingerprint density at radius 3 is 2.89 bits per heavy atom. The molecule has 0 radical (unpaired) electrons. The van der Waals surface area contributed by atoms with Crippen molar-refractivity contribution in [1.82, 2.24) is 24.7 Å². The molecular weight excluding hydrogens is 236 g/mol. The second kappa shape index (κ2) is 4.57. The van der Waals surface area contributed by atoms with Crippen LogP contribution in [0.4, 0.5) is 5.95 Å². The van der Waals surface area contributed by atoms with Crippen LogP contribution in [0.15, 0.2) is 18.5 Å². The number of ether oxygens (including phenoxy) is 2. The first-order valence-corrected chi connectivity index (χ1v) is 5.53. The highest BCUT2D eigenvalue weighted by molar-refractivity contribution is 5.29. The maximum Gasteiger partial charge on any atom is 0.323 e. The zero-order chi connectivity index (χ0) is 12.4. The first-order valence-electron chi connectivity index (χ1n) is 5.53. The van der Waals surface area contributed by atoms with E-state index in [-0.39, 0.29) is 12.1 Å². The van der Waals surface area contributed by atoms with E-state index in [4.69, 9.17) is 9.47 Å². The predicted octanol–water partition coefficient (Wildman–Crippen LogP) is -0.123. The van der Waals surface area contributed by atoms with Crippen LogP contribution in [0.3, 0.4) is 0 Å². The molecule has 94 valence electrons. The highest BCUT2D eigenvalue weighted by Gasteiger charge is 2.22. The zero-order valence-corrected chi connectivity index (χ0v) is 9.78. The molecule has 1 N–H and O–H groups in total. The molecule has 0 aliphatic carbocycles. The van der Waals surface area contributed by atoms with Crippen molar-refractivity contribution in [3.63, 3.8) is 0 Å². The third kappa shape index (κ3) is 2.09. The number of rotatable bonds is 4. The van der Waals surface area contributed by atoms with Crippen LogP contribution in [0.1, 0.15) is 0 Å². The van der Waals surface area contributed by atoms with Gasteiger partial charge in [0.1, 0.15) is 6.10 Å². The van der Waals surface area contributed by atoms with Crippen molar-refractivity contribution in [2.45, 2.75) is 6.10 Å². The number of nitrogens with zero attached hydrogens (tertiary/aromatic N) is 5. The summed E-state index contributed by atoms with van der Waals surface area (Å²) in [7, 11) is 1.73. The molecule has 0 spiro atoms. The van der Waals surface area contributed by atoms with Crippen molar-refractivity contribution in [2.75, 3.05) is 25.6 Å². The van der Waals surface area contributed by atoms with Crippen molar-refractivity contribution in [1.29, 1.82) is 0 Å². The summed E-state index contributed by atoms with van der Waals surface area (Å²) < 4.78 is 12.1. The van der Waals surface area contributed by atoms with Crippen LogP contribution in [0.5, 0.6) is 6.01 Å². The lowest BCUT2D eigenvalue weighted by atomic mass is 10.3. The van der Waals surface area contributed by atoms with Crippen molar-refractivity contribution in [2.24, 2.45) is 0 Å². The first-order chi connectivity index (χ1) is 8.85. The minimum absolute atomic E-state index is 0.0163. The van der Waals surface area contributed by atoms with E-state index in [0.717, 1.165) is 0 Å². The summed E-state index contributed by atoms with van der Waals surface area (Å²) in [5, 5.41) is 6.94. The Bertz CT molecular complexity index is 525. The highest BCUT2D eigenvalue weighted by Crippen LogP contribution is 2.14. The molecule has 1 saturated heterocycles. The zero-order valence-electron chi connectivity index (χ0n) is 9.78. The molecule has 1 fully saturated rings. The molecule has 0 amide bonds. The van der Waals surface area contributed by atoms with Crippen molar-refractivity contribution >= 4 is 5.95 Å². The van der Waals surface area contributed by atoms with Gasteiger partial charge in [0.2, 0.25) is 5.95 Å². The Kier molecular flexibility index (Phi) is 2.77. The lowest BCUT2D eigenvalue weighted by Gasteiger charge is -2.25. The van der Waals surface area contributed by atoms with Crippen molar-refractivity contribution in [3.05, 3.63) is 18.5 Å². The van der Waals surface area contributed by atoms with E-state index in [1.54, 1.807) is 30.2 Å². The SMILES string of the molecule is CNc1nc(OC2COC2)nc(-n2cccn2)n1. The number of hydrogen-bond donors (Lipinski definition) is 1. The molecule has 3 rings (SSSR count). The van der Waals surface area contributed by atoms with E-state index in [2.05, 4.69) is 25.4 Å². The quantitative estimate of drug-likeness (QED) is 0.806. The van der Waals surface area contributed by atoms with Crippen LogP contribution < -0.4 is 10.1 Å². The predicted molar refractivity (Wildman–Crippen MR) is 61.7 cm³/mol. The molecular formula is C10H12N6O2. The Balaban J connectivity index is 1.90. The van der Waals surface area contributed by atoms with Crippen LogP contribution in [0.2, 0.25) is 0 Å². The minimum atomic E-state index is 0.0163. The molecule has 0 bridgehead atoms. The van der Waals surface area contributed by atoms with Crippen LogP contribution in [-0.2, 0) is 4.74 Å². The molecule has 0 aromatic carbocycles. The summed E-state index contributed by atoms with van der Waals surface area (Å²) in [5.41, 5.74) is 0. The number of hydrogen-bond acceptors (Lipinski definition) is 7. The molecule has 2 aromatic rings. The molecule has 1 aliphatic heterocycles. The van der Waals surface area contributed by atoms with E-state index in [1.165, 1.54) is 0 Å². The van der Waals surface area contributed by atoms with Gasteiger partial charge in [0.15, 0.2) is 0 Å². The van der Waals surface area contributed by atoms with Gasteiger partial charge in [-0.2, -0.15) is 20.1 Å². The van der Waals surface area contributed by atoms with Gasteiger partial charge >= 0.3 is 6.01 Å². The monoisotopic (exact) mass is 248 g/mol. The third-order valence-corrected chi connectivity index (χ3v) is 2.42. The third-order valence-electron chi connectivity index (χ3n) is 2.42. The topological polar surface area (TPSA) is 87.0 Å². The minimum Gasteiger partial charge on any atom is -0.455 e. The molecule has 18 heavy (non-hydrogen) atoms. The second-order valence-electron chi connectivity index (χ2n) is 3.72. The standard InChI is InChI=1S/C10H12N6O2/c1-11-8-13-9(16-4-2-3-12-16)15-10(14-8)18-7-5-17-6-7/h2-4,7H,5-6H2,1H3,(H,11,13,14,15). The van der Waals surface area contributed by atoms with E-state index in [9.17, 15) is 0 Å². The Morgan fingerprint density at radius 1 is 1.39 bits per heavy atom. The maximum absolute atomic E-state index is 5.56. The Labute approximate surface area is 103 Å². The van der Waals surface area contributed by atoms with E-state index < -0.39 is 0 Å². The normalized spacial score (nSPS) is 15.2. The molecule has 2 aromatic heterocycles. The van der Waals surface area contributed by atoms with Crippen molar-refractivity contribution in [3.8, 4) is 12.0 Å². The first kappa shape index (κ1) is 10.9. The largest absolute Gasteiger partial charge is 0.455 e.